The highest BCUT2D eigenvalue weighted by Gasteiger charge is 2.13. The number of halogens is 2. The lowest BCUT2D eigenvalue weighted by molar-refractivity contribution is 0.373. The van der Waals surface area contributed by atoms with Crippen molar-refractivity contribution in [1.29, 1.82) is 0 Å². The van der Waals surface area contributed by atoms with E-state index >= 15 is 0 Å². The summed E-state index contributed by atoms with van der Waals surface area (Å²) >= 11 is 5.83. The zero-order valence-corrected chi connectivity index (χ0v) is 10.1. The van der Waals surface area contributed by atoms with E-state index in [1.807, 2.05) is 0 Å². The van der Waals surface area contributed by atoms with Crippen molar-refractivity contribution in [3.63, 3.8) is 0 Å². The van der Waals surface area contributed by atoms with Gasteiger partial charge < -0.3 is 5.32 Å². The molecule has 1 N–H and O–H groups in total. The van der Waals surface area contributed by atoms with Gasteiger partial charge in [0.15, 0.2) is 0 Å². The standard InChI is InChI=1S/C13H17ClFN/c14-11-6-7-12(15)13(8-11)16-9-10-4-2-1-3-5-10/h6-8,10,16H,1-5,9H2. The first-order valence-electron chi connectivity index (χ1n) is 5.94. The normalized spacial score (nSPS) is 17.4. The van der Waals surface area contributed by atoms with Crippen molar-refractivity contribution in [1.82, 2.24) is 0 Å². The molecule has 0 spiro atoms. The quantitative estimate of drug-likeness (QED) is 0.823. The van der Waals surface area contributed by atoms with E-state index in [1.54, 1.807) is 12.1 Å². The van der Waals surface area contributed by atoms with Gasteiger partial charge in [0.25, 0.3) is 0 Å². The minimum absolute atomic E-state index is 0.222. The maximum atomic E-state index is 13.4. The van der Waals surface area contributed by atoms with Crippen LogP contribution in [0.3, 0.4) is 0 Å². The van der Waals surface area contributed by atoms with Crippen LogP contribution in [0.2, 0.25) is 5.02 Å². The fourth-order valence-corrected chi connectivity index (χ4v) is 2.45. The third kappa shape index (κ3) is 3.11. The van der Waals surface area contributed by atoms with Crippen molar-refractivity contribution in [3.8, 4) is 0 Å². The zero-order valence-electron chi connectivity index (χ0n) is 9.31. The first-order chi connectivity index (χ1) is 7.75. The second-order valence-corrected chi connectivity index (χ2v) is 4.95. The van der Waals surface area contributed by atoms with E-state index in [2.05, 4.69) is 5.32 Å². The number of rotatable bonds is 3. The Morgan fingerprint density at radius 3 is 2.75 bits per heavy atom. The van der Waals surface area contributed by atoms with Crippen LogP contribution < -0.4 is 5.32 Å². The molecule has 1 fully saturated rings. The third-order valence-corrected chi connectivity index (χ3v) is 3.47. The van der Waals surface area contributed by atoms with Crippen LogP contribution >= 0.6 is 11.6 Å². The molecular formula is C13H17ClFN. The minimum atomic E-state index is -0.222. The highest BCUT2D eigenvalue weighted by Crippen LogP contribution is 2.25. The number of benzene rings is 1. The molecule has 2 rings (SSSR count). The Morgan fingerprint density at radius 2 is 2.00 bits per heavy atom. The topological polar surface area (TPSA) is 12.0 Å². The molecule has 0 radical (unpaired) electrons. The highest BCUT2D eigenvalue weighted by molar-refractivity contribution is 6.30. The molecular weight excluding hydrogens is 225 g/mol. The molecule has 0 aliphatic heterocycles. The van der Waals surface area contributed by atoms with E-state index in [-0.39, 0.29) is 5.82 Å². The lowest BCUT2D eigenvalue weighted by Crippen LogP contribution is -2.17. The Labute approximate surface area is 101 Å². The van der Waals surface area contributed by atoms with Crippen LogP contribution in [0.1, 0.15) is 32.1 Å². The van der Waals surface area contributed by atoms with Crippen molar-refractivity contribution in [3.05, 3.63) is 29.0 Å². The highest BCUT2D eigenvalue weighted by atomic mass is 35.5. The summed E-state index contributed by atoms with van der Waals surface area (Å²) in [5, 5.41) is 3.74. The second kappa shape index (κ2) is 5.53. The summed E-state index contributed by atoms with van der Waals surface area (Å²) in [5.74, 6) is 0.465. The molecule has 88 valence electrons. The minimum Gasteiger partial charge on any atom is -0.382 e. The monoisotopic (exact) mass is 241 g/mol. The molecule has 0 atom stereocenters. The summed E-state index contributed by atoms with van der Waals surface area (Å²) in [6, 6.07) is 4.63. The van der Waals surface area contributed by atoms with Gasteiger partial charge in [-0.2, -0.15) is 0 Å². The van der Waals surface area contributed by atoms with E-state index < -0.39 is 0 Å². The SMILES string of the molecule is Fc1ccc(Cl)cc1NCC1CCCCC1. The average Bonchev–Trinajstić information content (AvgIpc) is 2.32. The first kappa shape index (κ1) is 11.7. The predicted molar refractivity (Wildman–Crippen MR) is 66.5 cm³/mol. The second-order valence-electron chi connectivity index (χ2n) is 4.51. The Kier molecular flexibility index (Phi) is 4.05. The zero-order chi connectivity index (χ0) is 11.4. The largest absolute Gasteiger partial charge is 0.382 e. The number of nitrogens with one attached hydrogen (secondary N) is 1. The van der Waals surface area contributed by atoms with Gasteiger partial charge in [-0.15, -0.1) is 0 Å². The first-order valence-corrected chi connectivity index (χ1v) is 6.32. The molecule has 1 saturated carbocycles. The van der Waals surface area contributed by atoms with Gasteiger partial charge in [-0.05, 0) is 37.0 Å². The van der Waals surface area contributed by atoms with Crippen molar-refractivity contribution in [2.45, 2.75) is 32.1 Å². The van der Waals surface area contributed by atoms with Gasteiger partial charge in [0.2, 0.25) is 0 Å². The van der Waals surface area contributed by atoms with E-state index in [0.29, 0.717) is 16.6 Å². The smallest absolute Gasteiger partial charge is 0.146 e. The van der Waals surface area contributed by atoms with Gasteiger partial charge in [-0.25, -0.2) is 4.39 Å². The fraction of sp³-hybridized carbons (Fsp3) is 0.538. The Hall–Kier alpha value is -0.760. The molecule has 1 aromatic rings. The van der Waals surface area contributed by atoms with Crippen LogP contribution in [0.25, 0.3) is 0 Å². The van der Waals surface area contributed by atoms with Gasteiger partial charge in [0.05, 0.1) is 5.69 Å². The molecule has 0 heterocycles. The van der Waals surface area contributed by atoms with Gasteiger partial charge in [-0.3, -0.25) is 0 Å². The molecule has 0 saturated heterocycles. The van der Waals surface area contributed by atoms with Gasteiger partial charge in [0, 0.05) is 11.6 Å². The molecule has 1 aliphatic rings. The molecule has 0 aromatic heterocycles. The Bertz CT molecular complexity index is 348. The van der Waals surface area contributed by atoms with E-state index in [1.165, 1.54) is 38.2 Å². The maximum Gasteiger partial charge on any atom is 0.146 e. The summed E-state index contributed by atoms with van der Waals surface area (Å²) in [4.78, 5) is 0. The van der Waals surface area contributed by atoms with Gasteiger partial charge in [0.1, 0.15) is 5.82 Å². The number of hydrogen-bond acceptors (Lipinski definition) is 1. The lowest BCUT2D eigenvalue weighted by Gasteiger charge is -2.22. The molecule has 0 amide bonds. The van der Waals surface area contributed by atoms with Crippen LogP contribution in [0.5, 0.6) is 0 Å². The van der Waals surface area contributed by atoms with E-state index in [0.717, 1.165) is 6.54 Å². The summed E-state index contributed by atoms with van der Waals surface area (Å²) in [7, 11) is 0. The molecule has 3 heteroatoms. The third-order valence-electron chi connectivity index (χ3n) is 3.23. The lowest BCUT2D eigenvalue weighted by atomic mass is 9.89. The summed E-state index contributed by atoms with van der Waals surface area (Å²) in [6.07, 6.45) is 6.49. The molecule has 0 bridgehead atoms. The van der Waals surface area contributed by atoms with Crippen LogP contribution in [-0.4, -0.2) is 6.54 Å². The van der Waals surface area contributed by atoms with Crippen molar-refractivity contribution in [2.75, 3.05) is 11.9 Å². The molecule has 1 nitrogen and oxygen atoms in total. The summed E-state index contributed by atoms with van der Waals surface area (Å²) in [5.41, 5.74) is 0.526. The van der Waals surface area contributed by atoms with Crippen molar-refractivity contribution < 1.29 is 4.39 Å². The summed E-state index contributed by atoms with van der Waals surface area (Å²) in [6.45, 7) is 0.858. The fourth-order valence-electron chi connectivity index (χ4n) is 2.28. The van der Waals surface area contributed by atoms with E-state index in [9.17, 15) is 4.39 Å². The predicted octanol–water partition coefficient (Wildman–Crippen LogP) is 4.47. The average molecular weight is 242 g/mol. The molecule has 0 unspecified atom stereocenters. The van der Waals surface area contributed by atoms with Gasteiger partial charge >= 0.3 is 0 Å². The van der Waals surface area contributed by atoms with Crippen molar-refractivity contribution in [2.24, 2.45) is 5.92 Å². The van der Waals surface area contributed by atoms with Crippen LogP contribution in [0.4, 0.5) is 10.1 Å². The van der Waals surface area contributed by atoms with Crippen LogP contribution in [-0.2, 0) is 0 Å². The van der Waals surface area contributed by atoms with Crippen LogP contribution in [0, 0.1) is 11.7 Å². The van der Waals surface area contributed by atoms with Crippen molar-refractivity contribution >= 4 is 17.3 Å². The number of hydrogen-bond donors (Lipinski definition) is 1. The molecule has 1 aromatic carbocycles. The molecule has 16 heavy (non-hydrogen) atoms. The van der Waals surface area contributed by atoms with Crippen LogP contribution in [0.15, 0.2) is 18.2 Å². The van der Waals surface area contributed by atoms with Gasteiger partial charge in [-0.1, -0.05) is 30.9 Å². The maximum absolute atomic E-state index is 13.4. The van der Waals surface area contributed by atoms with E-state index in [4.69, 9.17) is 11.6 Å². The Balaban J connectivity index is 1.90. The Morgan fingerprint density at radius 1 is 1.25 bits per heavy atom. The number of anilines is 1. The molecule has 1 aliphatic carbocycles. The summed E-state index contributed by atoms with van der Waals surface area (Å²) < 4.78 is 13.4.